The van der Waals surface area contributed by atoms with Crippen molar-refractivity contribution in [1.82, 2.24) is 19.4 Å². The molecule has 2 aromatic heterocycles. The molecule has 0 bridgehead atoms. The van der Waals surface area contributed by atoms with Gasteiger partial charge in [-0.15, -0.1) is 0 Å². The van der Waals surface area contributed by atoms with Gasteiger partial charge in [0.1, 0.15) is 17.2 Å². The molecule has 0 unspecified atom stereocenters. The fourth-order valence-corrected chi connectivity index (χ4v) is 4.93. The third-order valence-corrected chi connectivity index (χ3v) is 8.37. The number of aromatic nitrogens is 3. The van der Waals surface area contributed by atoms with Gasteiger partial charge in [0.05, 0.1) is 32.5 Å². The largest absolute Gasteiger partial charge is 0.491 e. The second kappa shape index (κ2) is 13.1. The van der Waals surface area contributed by atoms with Crippen LogP contribution >= 0.6 is 0 Å². The molecule has 5 rings (SSSR count). The highest BCUT2D eigenvalue weighted by molar-refractivity contribution is 5.97. The highest BCUT2D eigenvalue weighted by Crippen LogP contribution is 2.37. The number of hydrogen-bond acceptors (Lipinski definition) is 9. The molecule has 2 N–H and O–H groups in total. The fraction of sp³-hybridized carbons (Fsp3) is 0.516. The molecule has 3 aromatic rings. The molecule has 43 heavy (non-hydrogen) atoms. The number of amides is 2. The molecular formula is C31H41N7O5. The number of nitrogens with zero attached hydrogens (tertiary/aromatic N) is 5. The van der Waals surface area contributed by atoms with Gasteiger partial charge < -0.3 is 24.8 Å². The number of fused-ring (bicyclic) bond motifs is 3. The van der Waals surface area contributed by atoms with Crippen LogP contribution in [0.5, 0.6) is 11.5 Å². The Morgan fingerprint density at radius 1 is 1.16 bits per heavy atom. The van der Waals surface area contributed by atoms with E-state index >= 15 is 0 Å². The molecule has 1 fully saturated rings. The van der Waals surface area contributed by atoms with Gasteiger partial charge in [-0.3, -0.25) is 19.1 Å². The number of anilines is 2. The van der Waals surface area contributed by atoms with Gasteiger partial charge in [0.25, 0.3) is 5.91 Å². The summed E-state index contributed by atoms with van der Waals surface area (Å²) in [6.45, 7) is 14.0. The Balaban J connectivity index is 1.37. The Kier molecular flexibility index (Phi) is 9.26. The Labute approximate surface area is 251 Å². The number of carbonyl (C=O) groups excluding carboxylic acids is 2. The zero-order chi connectivity index (χ0) is 30.6. The molecule has 2 aliphatic heterocycles. The summed E-state index contributed by atoms with van der Waals surface area (Å²) >= 11 is 0. The van der Waals surface area contributed by atoms with Crippen molar-refractivity contribution in [2.75, 3.05) is 63.7 Å². The van der Waals surface area contributed by atoms with Crippen LogP contribution in [0.2, 0.25) is 0 Å². The summed E-state index contributed by atoms with van der Waals surface area (Å²) in [5.41, 5.74) is 0.543. The number of methoxy groups -OCH3 is 1. The van der Waals surface area contributed by atoms with E-state index in [-0.39, 0.29) is 23.0 Å². The van der Waals surface area contributed by atoms with E-state index in [0.29, 0.717) is 42.5 Å². The Hall–Kier alpha value is -4.03. The van der Waals surface area contributed by atoms with Crippen molar-refractivity contribution in [3.63, 3.8) is 0 Å². The Bertz CT molecular complexity index is 1540. The van der Waals surface area contributed by atoms with E-state index in [1.165, 1.54) is 6.20 Å². The lowest BCUT2D eigenvalue weighted by Crippen LogP contribution is -2.37. The molecular weight excluding hydrogens is 550 g/mol. The number of ether oxygens (including phenoxy) is 3. The maximum absolute atomic E-state index is 13.2. The third-order valence-electron chi connectivity index (χ3n) is 8.37. The van der Waals surface area contributed by atoms with E-state index in [1.54, 1.807) is 19.2 Å². The highest BCUT2D eigenvalue weighted by Gasteiger charge is 2.31. The van der Waals surface area contributed by atoms with E-state index in [9.17, 15) is 9.59 Å². The summed E-state index contributed by atoms with van der Waals surface area (Å²) < 4.78 is 19.2. The summed E-state index contributed by atoms with van der Waals surface area (Å²) in [7, 11) is 1.58. The SMILES string of the molecule is COc1c(OCCCN2CCOCC2)ccc2c3n(c(=NC(=O)c4ccc(NC(=O)C(C)(C)C(C)C)nc4)nc12)CCN3. The van der Waals surface area contributed by atoms with Gasteiger partial charge in [0, 0.05) is 49.7 Å². The molecule has 0 aliphatic carbocycles. The molecule has 0 saturated carbocycles. The van der Waals surface area contributed by atoms with Gasteiger partial charge in [0.2, 0.25) is 11.5 Å². The highest BCUT2D eigenvalue weighted by atomic mass is 16.5. The van der Waals surface area contributed by atoms with E-state index in [4.69, 9.17) is 19.2 Å². The van der Waals surface area contributed by atoms with Gasteiger partial charge in [-0.2, -0.15) is 4.99 Å². The van der Waals surface area contributed by atoms with Crippen LogP contribution in [0.15, 0.2) is 35.5 Å². The molecule has 2 amide bonds. The first-order valence-corrected chi connectivity index (χ1v) is 14.8. The number of morpholine rings is 1. The van der Waals surface area contributed by atoms with E-state index < -0.39 is 11.3 Å². The molecule has 2 aliphatic rings. The summed E-state index contributed by atoms with van der Waals surface area (Å²) in [6.07, 6.45) is 2.29. The van der Waals surface area contributed by atoms with Crippen LogP contribution in [0.4, 0.5) is 11.6 Å². The molecule has 12 heteroatoms. The minimum atomic E-state index is -0.562. The first-order valence-electron chi connectivity index (χ1n) is 14.8. The van der Waals surface area contributed by atoms with E-state index in [0.717, 1.165) is 50.5 Å². The van der Waals surface area contributed by atoms with Crippen molar-refractivity contribution in [1.29, 1.82) is 0 Å². The number of carbonyl (C=O) groups is 2. The van der Waals surface area contributed by atoms with Gasteiger partial charge >= 0.3 is 0 Å². The first-order chi connectivity index (χ1) is 20.7. The van der Waals surface area contributed by atoms with Crippen LogP contribution in [0, 0.1) is 11.3 Å². The summed E-state index contributed by atoms with van der Waals surface area (Å²) in [4.78, 5) is 41.7. The lowest BCUT2D eigenvalue weighted by molar-refractivity contribution is -0.126. The third kappa shape index (κ3) is 6.65. The van der Waals surface area contributed by atoms with Gasteiger partial charge in [0.15, 0.2) is 11.5 Å². The van der Waals surface area contributed by atoms with Crippen molar-refractivity contribution in [3.8, 4) is 11.5 Å². The van der Waals surface area contributed by atoms with Crippen LogP contribution < -0.4 is 25.7 Å². The molecule has 12 nitrogen and oxygen atoms in total. The van der Waals surface area contributed by atoms with Crippen molar-refractivity contribution < 1.29 is 23.8 Å². The van der Waals surface area contributed by atoms with Crippen LogP contribution in [0.25, 0.3) is 10.9 Å². The second-order valence-electron chi connectivity index (χ2n) is 11.7. The summed E-state index contributed by atoms with van der Waals surface area (Å²) in [5.74, 6) is 1.81. The zero-order valence-electron chi connectivity index (χ0n) is 25.6. The number of benzene rings is 1. The van der Waals surface area contributed by atoms with Crippen molar-refractivity contribution >= 4 is 34.4 Å². The average molecular weight is 592 g/mol. The predicted molar refractivity (Wildman–Crippen MR) is 164 cm³/mol. The minimum absolute atomic E-state index is 0.131. The average Bonchev–Trinajstić information content (AvgIpc) is 3.50. The van der Waals surface area contributed by atoms with Crippen LogP contribution in [0.1, 0.15) is 44.5 Å². The van der Waals surface area contributed by atoms with Crippen LogP contribution in [0.3, 0.4) is 0 Å². The number of hydrogen-bond donors (Lipinski definition) is 2. The van der Waals surface area contributed by atoms with Crippen molar-refractivity contribution in [2.24, 2.45) is 16.3 Å². The van der Waals surface area contributed by atoms with Gasteiger partial charge in [-0.05, 0) is 36.6 Å². The maximum atomic E-state index is 13.2. The smallest absolute Gasteiger partial charge is 0.281 e. The normalized spacial score (nSPS) is 15.8. The summed E-state index contributed by atoms with van der Waals surface area (Å²) in [6, 6.07) is 7.06. The number of rotatable bonds is 10. The number of pyridine rings is 1. The predicted octanol–water partition coefficient (Wildman–Crippen LogP) is 3.33. The Morgan fingerprint density at radius 2 is 1.95 bits per heavy atom. The standard InChI is InChI=1S/C31H41N7O5/c1-20(2)31(3,4)29(40)34-24-10-7-21(19-33-24)28(39)36-30-35-25-22(27-32-11-13-38(27)30)8-9-23(26(25)41-5)43-16-6-12-37-14-17-42-18-15-37/h7-10,19-20,32H,6,11-18H2,1-5H3,(H,33,34,40). The first kappa shape index (κ1) is 30.4. The van der Waals surface area contributed by atoms with Crippen molar-refractivity contribution in [3.05, 3.63) is 41.6 Å². The lowest BCUT2D eigenvalue weighted by Gasteiger charge is -2.27. The molecule has 4 heterocycles. The fourth-order valence-electron chi connectivity index (χ4n) is 4.93. The maximum Gasteiger partial charge on any atom is 0.281 e. The lowest BCUT2D eigenvalue weighted by atomic mass is 9.80. The molecule has 0 spiro atoms. The molecule has 0 atom stereocenters. The van der Waals surface area contributed by atoms with E-state index in [1.807, 2.05) is 44.4 Å². The van der Waals surface area contributed by atoms with Gasteiger partial charge in [-0.25, -0.2) is 9.97 Å². The molecule has 1 aromatic carbocycles. The summed E-state index contributed by atoms with van der Waals surface area (Å²) in [5, 5.41) is 7.08. The monoisotopic (exact) mass is 591 g/mol. The minimum Gasteiger partial charge on any atom is -0.491 e. The van der Waals surface area contributed by atoms with Crippen LogP contribution in [-0.2, 0) is 16.1 Å². The van der Waals surface area contributed by atoms with Gasteiger partial charge in [-0.1, -0.05) is 27.7 Å². The molecule has 230 valence electrons. The Morgan fingerprint density at radius 3 is 2.65 bits per heavy atom. The zero-order valence-corrected chi connectivity index (χ0v) is 25.6. The van der Waals surface area contributed by atoms with E-state index in [2.05, 4.69) is 25.5 Å². The van der Waals surface area contributed by atoms with Crippen LogP contribution in [-0.4, -0.2) is 84.4 Å². The molecule has 0 radical (unpaired) electrons. The topological polar surface area (TPSA) is 132 Å². The number of nitrogens with one attached hydrogen (secondary N) is 2. The van der Waals surface area contributed by atoms with Crippen molar-refractivity contribution in [2.45, 2.75) is 40.7 Å². The quantitative estimate of drug-likeness (QED) is 0.341. The second-order valence-corrected chi connectivity index (χ2v) is 11.7. The molecule has 1 saturated heterocycles.